The molecule has 3 aliphatic rings. The summed E-state index contributed by atoms with van der Waals surface area (Å²) < 4.78 is 2.47. The van der Waals surface area contributed by atoms with E-state index in [2.05, 4.69) is 64.9 Å². The lowest BCUT2D eigenvalue weighted by molar-refractivity contribution is -0.136. The quantitative estimate of drug-likeness (QED) is 0.0538. The second-order valence-electron chi connectivity index (χ2n) is 13.2. The smallest absolute Gasteiger partial charge is 0.264 e. The van der Waals surface area contributed by atoms with E-state index in [1.54, 1.807) is 12.1 Å². The van der Waals surface area contributed by atoms with Crippen molar-refractivity contribution in [3.8, 4) is 0 Å². The van der Waals surface area contributed by atoms with E-state index in [1.807, 2.05) is 30.1 Å². The highest BCUT2D eigenvalue weighted by atomic mass is 32.2. The number of amides is 5. The number of carbonyl (C=O) groups excluding carboxylic acids is 5. The van der Waals surface area contributed by atoms with Crippen molar-refractivity contribution in [2.24, 2.45) is 5.84 Å². The summed E-state index contributed by atoms with van der Waals surface area (Å²) in [5, 5.41) is 8.22. The minimum atomic E-state index is -1.06. The third kappa shape index (κ3) is 10.5. The van der Waals surface area contributed by atoms with Gasteiger partial charge in [0.2, 0.25) is 17.7 Å². The predicted molar refractivity (Wildman–Crippen MR) is 198 cm³/mol. The first-order chi connectivity index (χ1) is 24.5. The molecule has 15 heteroatoms. The number of imide groups is 2. The number of hydrogen-bond acceptors (Lipinski definition) is 12. The van der Waals surface area contributed by atoms with Gasteiger partial charge in [0.1, 0.15) is 6.04 Å². The Morgan fingerprint density at radius 3 is 2.59 bits per heavy atom. The van der Waals surface area contributed by atoms with Crippen LogP contribution in [0.1, 0.15) is 98.9 Å². The van der Waals surface area contributed by atoms with E-state index >= 15 is 0 Å². The lowest BCUT2D eigenvalue weighted by atomic mass is 9.93. The Labute approximate surface area is 303 Å². The lowest BCUT2D eigenvalue weighted by Crippen LogP contribution is -2.54. The summed E-state index contributed by atoms with van der Waals surface area (Å²) in [6.07, 6.45) is 6.54. The molecule has 2 aromatic carbocycles. The van der Waals surface area contributed by atoms with Gasteiger partial charge in [-0.05, 0) is 62.9 Å². The highest BCUT2D eigenvalue weighted by molar-refractivity contribution is 7.96. The zero-order valence-corrected chi connectivity index (χ0v) is 30.6. The fourth-order valence-electron chi connectivity index (χ4n) is 5.95. The van der Waals surface area contributed by atoms with Gasteiger partial charge in [-0.1, -0.05) is 56.8 Å². The molecule has 0 saturated carbocycles. The molecule has 3 heterocycles. The topological polar surface area (TPSA) is 187 Å². The minimum Gasteiger partial charge on any atom is -0.379 e. The Hall–Kier alpha value is -4.44. The first kappa shape index (κ1) is 39.3. The van der Waals surface area contributed by atoms with Crippen LogP contribution in [0.3, 0.4) is 0 Å². The second kappa shape index (κ2) is 18.7. The van der Waals surface area contributed by atoms with Crippen LogP contribution in [0.2, 0.25) is 0 Å². The molecule has 7 N–H and O–H groups in total. The first-order valence-electron chi connectivity index (χ1n) is 17.4. The van der Waals surface area contributed by atoms with Crippen molar-refractivity contribution in [2.75, 3.05) is 30.3 Å². The molecule has 2 saturated heterocycles. The van der Waals surface area contributed by atoms with Crippen LogP contribution in [-0.4, -0.2) is 70.0 Å². The number of fused-ring (bicyclic) bond motifs is 1. The third-order valence-corrected chi connectivity index (χ3v) is 9.95. The van der Waals surface area contributed by atoms with Crippen molar-refractivity contribution in [3.05, 3.63) is 71.1 Å². The second-order valence-corrected chi connectivity index (χ2v) is 14.2. The number of hydrazine groups is 1. The number of benzene rings is 2. The molecule has 14 nitrogen and oxygen atoms in total. The number of nitrogens with two attached hydrogens (primary N) is 1. The predicted octanol–water partition coefficient (Wildman–Crippen LogP) is 4.18. The van der Waals surface area contributed by atoms with Crippen molar-refractivity contribution in [2.45, 2.75) is 90.0 Å². The van der Waals surface area contributed by atoms with E-state index in [0.29, 0.717) is 11.4 Å². The van der Waals surface area contributed by atoms with E-state index in [4.69, 9.17) is 10.7 Å². The van der Waals surface area contributed by atoms with Crippen molar-refractivity contribution >= 4 is 52.9 Å². The molecule has 276 valence electrons. The number of nitrogens with one attached hydrogen (secondary N) is 5. The maximum Gasteiger partial charge on any atom is 0.264 e. The van der Waals surface area contributed by atoms with Crippen molar-refractivity contribution in [3.63, 3.8) is 0 Å². The van der Waals surface area contributed by atoms with Crippen LogP contribution in [0.15, 0.2) is 54.4 Å². The Balaban J connectivity index is 0.00000188. The average molecular weight is 723 g/mol. The van der Waals surface area contributed by atoms with E-state index in [9.17, 15) is 24.0 Å². The molecular formula is C36H50N8O6S. The Morgan fingerprint density at radius 2 is 1.86 bits per heavy atom. The van der Waals surface area contributed by atoms with Gasteiger partial charge >= 0.3 is 0 Å². The summed E-state index contributed by atoms with van der Waals surface area (Å²) in [6, 6.07) is 11.6. The molecule has 0 aromatic heterocycles. The number of hydrogen-bond donors (Lipinski definition) is 6. The Bertz CT molecular complexity index is 1620. The molecule has 2 aromatic rings. The zero-order chi connectivity index (χ0) is 37.0. The van der Waals surface area contributed by atoms with Crippen LogP contribution in [0, 0.1) is 0 Å². The van der Waals surface area contributed by atoms with Crippen LogP contribution in [0.25, 0.3) is 0 Å². The fraction of sp³-hybridized carbons (Fsp3) is 0.472. The number of nitrogens with zero attached hydrogens (tertiary/aromatic N) is 2. The summed E-state index contributed by atoms with van der Waals surface area (Å²) >= 11 is 1.83. The highest BCUT2D eigenvalue weighted by Crippen LogP contribution is 2.35. The van der Waals surface area contributed by atoms with Gasteiger partial charge in [0.15, 0.2) is 0 Å². The molecule has 0 aliphatic carbocycles. The van der Waals surface area contributed by atoms with Crippen LogP contribution >= 0.6 is 11.9 Å². The van der Waals surface area contributed by atoms with Gasteiger partial charge in [0, 0.05) is 41.8 Å². The molecule has 5 rings (SSSR count). The number of anilines is 2. The summed E-state index contributed by atoms with van der Waals surface area (Å²) in [7, 11) is 0. The van der Waals surface area contributed by atoms with Crippen molar-refractivity contribution < 1.29 is 28.8 Å². The summed E-state index contributed by atoms with van der Waals surface area (Å²) in [4.78, 5) is 69.5. The van der Waals surface area contributed by atoms with Gasteiger partial charge in [-0.25, -0.2) is 4.31 Å². The van der Waals surface area contributed by atoms with E-state index in [0.717, 1.165) is 28.4 Å². The normalized spacial score (nSPS) is 18.7. The molecule has 51 heavy (non-hydrogen) atoms. The molecule has 0 bridgehead atoms. The zero-order valence-electron chi connectivity index (χ0n) is 29.8. The maximum atomic E-state index is 13.3. The molecule has 1 atom stereocenters. The number of hydroxylamine groups is 1. The monoisotopic (exact) mass is 722 g/mol. The molecule has 2 fully saturated rings. The summed E-state index contributed by atoms with van der Waals surface area (Å²) in [5.74, 6) is 3.78. The Kier molecular flexibility index (Phi) is 14.4. The fourth-order valence-corrected chi connectivity index (χ4v) is 7.14. The third-order valence-electron chi connectivity index (χ3n) is 8.50. The SMILES string of the molecule is CC1(C)CCCCN1SCc1cccc(NC(=O)CCON/C(=C\NN)CNc2cccc3c2C(=O)N(C2CCC(=O)NC2=O)C3=O)c1.CCC. The van der Waals surface area contributed by atoms with Gasteiger partial charge in [-0.3, -0.25) is 50.3 Å². The van der Waals surface area contributed by atoms with Crippen LogP contribution < -0.4 is 32.7 Å². The molecule has 0 spiro atoms. The number of carbonyl (C=O) groups is 5. The summed E-state index contributed by atoms with van der Waals surface area (Å²) in [6.45, 7) is 10.1. The van der Waals surface area contributed by atoms with E-state index in [-0.39, 0.29) is 55.0 Å². The van der Waals surface area contributed by atoms with Crippen molar-refractivity contribution in [1.82, 2.24) is 25.4 Å². The van der Waals surface area contributed by atoms with Gasteiger partial charge in [0.05, 0.1) is 36.4 Å². The van der Waals surface area contributed by atoms with Crippen LogP contribution in [0.5, 0.6) is 0 Å². The van der Waals surface area contributed by atoms with Crippen LogP contribution in [-0.2, 0) is 25.0 Å². The van der Waals surface area contributed by atoms with E-state index < -0.39 is 29.7 Å². The van der Waals surface area contributed by atoms with Gasteiger partial charge < -0.3 is 16.1 Å². The van der Waals surface area contributed by atoms with Crippen LogP contribution in [0.4, 0.5) is 11.4 Å². The molecule has 5 amide bonds. The first-order valence-corrected chi connectivity index (χ1v) is 18.3. The maximum absolute atomic E-state index is 13.3. The van der Waals surface area contributed by atoms with Gasteiger partial charge in [-0.15, -0.1) is 0 Å². The van der Waals surface area contributed by atoms with Gasteiger partial charge in [0.25, 0.3) is 11.8 Å². The lowest BCUT2D eigenvalue weighted by Gasteiger charge is -2.41. The number of piperidine rings is 2. The Morgan fingerprint density at radius 1 is 1.10 bits per heavy atom. The molecular weight excluding hydrogens is 673 g/mol. The largest absolute Gasteiger partial charge is 0.379 e. The average Bonchev–Trinajstić information content (AvgIpc) is 3.34. The van der Waals surface area contributed by atoms with E-state index in [1.165, 1.54) is 37.9 Å². The minimum absolute atomic E-state index is 0.0343. The number of rotatable bonds is 14. The highest BCUT2D eigenvalue weighted by Gasteiger charge is 2.45. The molecule has 1 unspecified atom stereocenters. The standard InChI is InChI=1S/C33H42N8O6S.C3H8/c1-33(2)14-3-4-15-40(33)48-20-21-7-5-8-22(17-21)37-28(43)13-16-47-39-23(19-36-34)18-35-25-10-6-9-24-29(25)32(46)41(31(24)45)26-11-12-27(42)38-30(26)44;1-3-2/h5-10,17,19,26,35-36,39H,3-4,11-16,18,20,34H2,1-2H3,(H,37,43)(H,38,42,44);3H2,1-2H3/b23-19-;. The molecule has 0 radical (unpaired) electrons. The van der Waals surface area contributed by atoms with Crippen molar-refractivity contribution in [1.29, 1.82) is 0 Å². The molecule has 3 aliphatic heterocycles. The van der Waals surface area contributed by atoms with Gasteiger partial charge in [-0.2, -0.15) is 0 Å². The summed E-state index contributed by atoms with van der Waals surface area (Å²) in [5.41, 5.74) is 8.30.